The molecule has 0 radical (unpaired) electrons. The summed E-state index contributed by atoms with van der Waals surface area (Å²) in [4.78, 5) is 68.5. The van der Waals surface area contributed by atoms with Crippen molar-refractivity contribution in [2.24, 2.45) is 23.7 Å². The van der Waals surface area contributed by atoms with Crippen LogP contribution in [0.4, 0.5) is 9.18 Å². The van der Waals surface area contributed by atoms with Crippen LogP contribution in [0.1, 0.15) is 80.6 Å². The lowest BCUT2D eigenvalue weighted by Gasteiger charge is -2.47. The summed E-state index contributed by atoms with van der Waals surface area (Å²) in [5.41, 5.74) is -1.89. The van der Waals surface area contributed by atoms with Crippen LogP contribution in [0.15, 0.2) is 30.9 Å². The molecule has 15 nitrogen and oxygen atoms in total. The summed E-state index contributed by atoms with van der Waals surface area (Å²) in [6.07, 6.45) is 7.39. The summed E-state index contributed by atoms with van der Waals surface area (Å²) in [6, 6.07) is 1.52. The Morgan fingerprint density at radius 1 is 1.05 bits per heavy atom. The van der Waals surface area contributed by atoms with Gasteiger partial charge in [-0.1, -0.05) is 33.6 Å². The van der Waals surface area contributed by atoms with Crippen molar-refractivity contribution in [2.45, 2.75) is 141 Å². The molecule has 60 heavy (non-hydrogen) atoms. The number of nitrogens with zero attached hydrogens (tertiary/aromatic N) is 5. The number of amides is 1. The largest absolute Gasteiger partial charge is 0.456 e. The first kappa shape index (κ1) is 46.8. The second-order valence-electron chi connectivity index (χ2n) is 17.2. The molecule has 3 aliphatic rings. The number of carbonyl (C=O) groups is 4. The highest BCUT2D eigenvalue weighted by Gasteiger charge is 2.62. The number of halogens is 1. The monoisotopic (exact) mass is 839 g/mol. The van der Waals surface area contributed by atoms with Crippen LogP contribution >= 0.6 is 0 Å². The fourth-order valence-electron chi connectivity index (χ4n) is 9.27. The van der Waals surface area contributed by atoms with E-state index < -0.39 is 89.3 Å². The molecule has 330 valence electrons. The number of carbonyl (C=O) groups excluding carboxylic acids is 4. The van der Waals surface area contributed by atoms with Crippen molar-refractivity contribution < 1.29 is 52.4 Å². The first-order chi connectivity index (χ1) is 28.3. The predicted molar refractivity (Wildman–Crippen MR) is 217 cm³/mol. The molecular weight excluding hydrogens is 778 g/mol. The summed E-state index contributed by atoms with van der Waals surface area (Å²) >= 11 is 0. The molecule has 2 aromatic heterocycles. The van der Waals surface area contributed by atoms with Gasteiger partial charge in [-0.25, -0.2) is 14.8 Å². The number of aliphatic hydroxyl groups excluding tert-OH is 1. The molecule has 1 N–H and O–H groups in total. The highest BCUT2D eigenvalue weighted by Crippen LogP contribution is 2.43. The maximum absolute atomic E-state index is 14.8. The average molecular weight is 840 g/mol. The van der Waals surface area contributed by atoms with Gasteiger partial charge in [0.15, 0.2) is 18.2 Å². The van der Waals surface area contributed by atoms with Crippen LogP contribution in [0.25, 0.3) is 11.3 Å². The number of esters is 1. The number of Topliss-reactive ketones (excluding diaryl/α,β-unsaturated/α-hetero) is 2. The van der Waals surface area contributed by atoms with Gasteiger partial charge in [-0.15, -0.1) is 6.42 Å². The molecule has 0 bridgehead atoms. The normalized spacial score (nSPS) is 35.7. The van der Waals surface area contributed by atoms with E-state index in [-0.39, 0.29) is 37.3 Å². The molecule has 16 heteroatoms. The van der Waals surface area contributed by atoms with E-state index in [9.17, 15) is 28.7 Å². The first-order valence-electron chi connectivity index (χ1n) is 20.9. The Balaban J connectivity index is 1.45. The van der Waals surface area contributed by atoms with E-state index >= 15 is 0 Å². The number of ketones is 2. The lowest BCUT2D eigenvalue weighted by atomic mass is 9.73. The van der Waals surface area contributed by atoms with E-state index in [0.29, 0.717) is 37.1 Å². The number of hydrogen-bond acceptors (Lipinski definition) is 13. The van der Waals surface area contributed by atoms with Gasteiger partial charge in [0.05, 0.1) is 35.9 Å². The third kappa shape index (κ3) is 9.45. The number of unbranched alkanes of at least 4 members (excludes halogenated alkanes) is 1. The standard InChI is InChI=1S/C44H62FN5O10/c1-12-33-44(13-2)38(50(42(55)60-44)19-15-14-18-49-23-31(47-24-49)30-16-17-34(45)46-22-30)27(5)35(51)25(3)21-43(8,56-11)39(28(6)36(52)29(7)40(54)58-33)59-41-37(53)32(48(9)10)20-26(4)57-41/h2,16-17,22-29,32-33,37-39,41,53H,12,14-15,18-21H2,1,3-11H3/t25-,26-,27+,28+,29-,32+,33-,37-,38+,39-,41?,43+,44-/m1/s1. The molecule has 2 aromatic rings. The summed E-state index contributed by atoms with van der Waals surface area (Å²) in [5.74, 6) is -3.55. The highest BCUT2D eigenvalue weighted by molar-refractivity contribution is 6.00. The zero-order valence-corrected chi connectivity index (χ0v) is 36.5. The molecule has 3 aliphatic heterocycles. The zero-order valence-electron chi connectivity index (χ0n) is 36.5. The van der Waals surface area contributed by atoms with Crippen LogP contribution < -0.4 is 0 Å². The van der Waals surface area contributed by atoms with Gasteiger partial charge in [-0.3, -0.25) is 19.3 Å². The van der Waals surface area contributed by atoms with Crippen molar-refractivity contribution in [1.82, 2.24) is 24.3 Å². The molecule has 0 saturated carbocycles. The number of rotatable bonds is 11. The van der Waals surface area contributed by atoms with Gasteiger partial charge < -0.3 is 38.3 Å². The fraction of sp³-hybridized carbons (Fsp3) is 0.682. The molecule has 3 fully saturated rings. The number of terminal acetylenes is 1. The van der Waals surface area contributed by atoms with Crippen molar-refractivity contribution in [1.29, 1.82) is 0 Å². The van der Waals surface area contributed by atoms with E-state index in [1.54, 1.807) is 47.0 Å². The molecule has 0 spiro atoms. The number of likely N-dealkylation sites (N-methyl/N-ethyl adjacent to an activating group) is 1. The fourth-order valence-corrected chi connectivity index (χ4v) is 9.27. The van der Waals surface area contributed by atoms with Crippen LogP contribution in [0, 0.1) is 42.0 Å². The van der Waals surface area contributed by atoms with Crippen molar-refractivity contribution >= 4 is 23.6 Å². The zero-order chi connectivity index (χ0) is 44.3. The average Bonchev–Trinajstić information content (AvgIpc) is 3.81. The van der Waals surface area contributed by atoms with Crippen LogP contribution in [-0.2, 0) is 44.6 Å². The molecule has 0 aromatic carbocycles. The van der Waals surface area contributed by atoms with Crippen LogP contribution in [0.3, 0.4) is 0 Å². The maximum Gasteiger partial charge on any atom is 0.411 e. The molecule has 13 atom stereocenters. The Bertz CT molecular complexity index is 1890. The van der Waals surface area contributed by atoms with Gasteiger partial charge in [-0.2, -0.15) is 4.39 Å². The Morgan fingerprint density at radius 2 is 1.75 bits per heavy atom. The van der Waals surface area contributed by atoms with Crippen molar-refractivity contribution in [3.63, 3.8) is 0 Å². The molecule has 5 rings (SSSR count). The summed E-state index contributed by atoms with van der Waals surface area (Å²) in [6.45, 7) is 12.6. The number of cyclic esters (lactones) is 1. The molecule has 5 heterocycles. The van der Waals surface area contributed by atoms with E-state index in [2.05, 4.69) is 15.9 Å². The highest BCUT2D eigenvalue weighted by atomic mass is 19.1. The van der Waals surface area contributed by atoms with Gasteiger partial charge in [0, 0.05) is 62.0 Å². The van der Waals surface area contributed by atoms with Crippen molar-refractivity contribution in [3.8, 4) is 23.6 Å². The Kier molecular flexibility index (Phi) is 15.0. The third-order valence-corrected chi connectivity index (χ3v) is 12.7. The number of fused-ring (bicyclic) bond motifs is 1. The van der Waals surface area contributed by atoms with Crippen molar-refractivity contribution in [2.75, 3.05) is 27.7 Å². The number of hydrogen-bond donors (Lipinski definition) is 1. The van der Waals surface area contributed by atoms with E-state index in [0.717, 1.165) is 0 Å². The number of imidazole rings is 1. The van der Waals surface area contributed by atoms with Crippen LogP contribution in [0.5, 0.6) is 0 Å². The number of pyridine rings is 1. The Hall–Kier alpha value is -4.27. The lowest BCUT2D eigenvalue weighted by Crippen LogP contribution is -2.60. The third-order valence-electron chi connectivity index (χ3n) is 12.7. The number of aryl methyl sites for hydroxylation is 1. The predicted octanol–water partition coefficient (Wildman–Crippen LogP) is 4.68. The van der Waals surface area contributed by atoms with Gasteiger partial charge in [0.1, 0.15) is 17.8 Å². The van der Waals surface area contributed by atoms with Gasteiger partial charge in [0.25, 0.3) is 0 Å². The van der Waals surface area contributed by atoms with Crippen molar-refractivity contribution in [3.05, 3.63) is 36.8 Å². The Morgan fingerprint density at radius 3 is 2.37 bits per heavy atom. The summed E-state index contributed by atoms with van der Waals surface area (Å²) in [5, 5.41) is 11.4. The molecule has 1 amide bonds. The van der Waals surface area contributed by atoms with E-state index in [4.69, 9.17) is 30.1 Å². The molecule has 1 unspecified atom stereocenters. The van der Waals surface area contributed by atoms with Crippen LogP contribution in [-0.4, -0.2) is 135 Å². The lowest BCUT2D eigenvalue weighted by molar-refractivity contribution is -0.295. The number of aromatic nitrogens is 3. The first-order valence-corrected chi connectivity index (χ1v) is 20.9. The minimum Gasteiger partial charge on any atom is -0.456 e. The van der Waals surface area contributed by atoms with Gasteiger partial charge in [-0.05, 0) is 79.1 Å². The van der Waals surface area contributed by atoms with E-state index in [1.165, 1.54) is 31.2 Å². The maximum atomic E-state index is 14.8. The second kappa shape index (κ2) is 19.2. The number of ether oxygens (including phenoxy) is 5. The van der Waals surface area contributed by atoms with Crippen LogP contribution in [0.2, 0.25) is 0 Å². The quantitative estimate of drug-likeness (QED) is 0.109. The van der Waals surface area contributed by atoms with E-state index in [1.807, 2.05) is 36.7 Å². The second-order valence-corrected chi connectivity index (χ2v) is 17.2. The summed E-state index contributed by atoms with van der Waals surface area (Å²) in [7, 11) is 5.17. The SMILES string of the molecule is C#C[C@]12OC(=O)N(CCCCn3cnc(-c4ccc(F)nc4)c3)[C@H]1[C@@H](C)C(=O)[C@H](C)C[C@](C)(OC)[C@H](OC1O[C@H](C)C[C@H](N(C)C)[C@H]1O)[C@@H](C)C(=O)[C@@H](C)C(=O)O[C@@H]2CC. The van der Waals surface area contributed by atoms with Gasteiger partial charge >= 0.3 is 12.1 Å². The summed E-state index contributed by atoms with van der Waals surface area (Å²) < 4.78 is 46.2. The Labute approximate surface area is 352 Å². The topological polar surface area (TPSA) is 172 Å². The molecular formula is C44H62FN5O10. The molecule has 3 saturated heterocycles. The number of aliphatic hydroxyl groups is 1. The minimum absolute atomic E-state index is 0.0614. The minimum atomic E-state index is -1.86. The smallest absolute Gasteiger partial charge is 0.411 e. The number of methoxy groups -OCH3 is 1. The van der Waals surface area contributed by atoms with Gasteiger partial charge in [0.2, 0.25) is 11.5 Å². The molecule has 0 aliphatic carbocycles.